The Kier molecular flexibility index (Phi) is 9.98. The van der Waals surface area contributed by atoms with Crippen LogP contribution in [0.1, 0.15) is 87.0 Å². The van der Waals surface area contributed by atoms with Crippen molar-refractivity contribution in [3.8, 4) is 0 Å². The zero-order chi connectivity index (χ0) is 15.8. The van der Waals surface area contributed by atoms with Crippen molar-refractivity contribution in [1.82, 2.24) is 0 Å². The Bertz CT molecular complexity index is 244. The van der Waals surface area contributed by atoms with Crippen LogP contribution >= 0.6 is 8.46 Å². The average molecular weight is 300 g/mol. The number of unbranched alkanes of at least 4 members (excludes halogenated alkanes) is 2. The first-order valence-corrected chi connectivity index (χ1v) is 9.43. The summed E-state index contributed by atoms with van der Waals surface area (Å²) in [4.78, 5) is 0. The molecule has 0 radical (unpaired) electrons. The second-order valence-corrected chi connectivity index (χ2v) is 8.75. The molecule has 0 aliphatic heterocycles. The first-order valence-electron chi connectivity index (χ1n) is 8.62. The predicted octanol–water partition coefficient (Wildman–Crippen LogP) is 6.96. The van der Waals surface area contributed by atoms with Gasteiger partial charge in [0, 0.05) is 0 Å². The van der Waals surface area contributed by atoms with Crippen LogP contribution in [0.2, 0.25) is 0 Å². The minimum Gasteiger partial charge on any atom is -0.274 e. The monoisotopic (exact) mass is 300 g/mol. The molecule has 0 bridgehead atoms. The highest BCUT2D eigenvalue weighted by Crippen LogP contribution is 2.43. The van der Waals surface area contributed by atoms with Gasteiger partial charge in [-0.25, -0.2) is 0 Å². The van der Waals surface area contributed by atoms with E-state index in [0.717, 1.165) is 19.3 Å². The highest BCUT2D eigenvalue weighted by molar-refractivity contribution is 7.26. The molecule has 20 heavy (non-hydrogen) atoms. The third-order valence-electron chi connectivity index (χ3n) is 5.12. The standard InChI is InChI=1S/C18H37OP/c1-8-9-10-11-18(20-19,12-16(6)14(2)3)13-17(7)15(4)5/h14-17H,8-13H2,1-7H3. The van der Waals surface area contributed by atoms with Crippen LogP contribution in [0.5, 0.6) is 0 Å². The molecule has 0 aromatic rings. The number of rotatable bonds is 11. The molecule has 0 aliphatic carbocycles. The van der Waals surface area contributed by atoms with Crippen molar-refractivity contribution in [3.63, 3.8) is 0 Å². The fourth-order valence-corrected chi connectivity index (χ4v) is 3.76. The fraction of sp³-hybridized carbons (Fsp3) is 1.00. The van der Waals surface area contributed by atoms with E-state index in [-0.39, 0.29) is 5.16 Å². The summed E-state index contributed by atoms with van der Waals surface area (Å²) < 4.78 is 12.0. The molecule has 0 rings (SSSR count). The maximum absolute atomic E-state index is 12.0. The van der Waals surface area contributed by atoms with Gasteiger partial charge in [-0.2, -0.15) is 0 Å². The first-order chi connectivity index (χ1) is 9.28. The zero-order valence-electron chi connectivity index (χ0n) is 14.9. The van der Waals surface area contributed by atoms with Crippen molar-refractivity contribution < 1.29 is 4.57 Å². The average Bonchev–Trinajstić information content (AvgIpc) is 2.38. The van der Waals surface area contributed by atoms with Crippen LogP contribution in [-0.2, 0) is 4.57 Å². The van der Waals surface area contributed by atoms with Crippen LogP contribution in [0.15, 0.2) is 0 Å². The second-order valence-electron chi connectivity index (χ2n) is 7.62. The van der Waals surface area contributed by atoms with Crippen LogP contribution in [-0.4, -0.2) is 5.16 Å². The Morgan fingerprint density at radius 2 is 1.30 bits per heavy atom. The van der Waals surface area contributed by atoms with E-state index in [1.165, 1.54) is 19.3 Å². The Morgan fingerprint density at radius 1 is 0.850 bits per heavy atom. The van der Waals surface area contributed by atoms with Crippen molar-refractivity contribution in [2.24, 2.45) is 23.7 Å². The van der Waals surface area contributed by atoms with Crippen LogP contribution in [0.3, 0.4) is 0 Å². The Hall–Kier alpha value is 0.100. The van der Waals surface area contributed by atoms with Gasteiger partial charge in [0.15, 0.2) is 8.46 Å². The molecule has 2 atom stereocenters. The lowest BCUT2D eigenvalue weighted by atomic mass is 9.78. The summed E-state index contributed by atoms with van der Waals surface area (Å²) in [5.41, 5.74) is 0. The lowest BCUT2D eigenvalue weighted by Crippen LogP contribution is -2.30. The van der Waals surface area contributed by atoms with Crippen molar-refractivity contribution in [1.29, 1.82) is 0 Å². The molecule has 0 spiro atoms. The number of hydrogen-bond acceptors (Lipinski definition) is 1. The SMILES string of the molecule is CCCCCC(CC(C)C(C)C)(CC(C)C(C)C)P=O. The van der Waals surface area contributed by atoms with E-state index in [2.05, 4.69) is 48.5 Å². The molecule has 0 aliphatic rings. The van der Waals surface area contributed by atoms with Gasteiger partial charge in [0.25, 0.3) is 0 Å². The van der Waals surface area contributed by atoms with E-state index in [1.807, 2.05) is 0 Å². The summed E-state index contributed by atoms with van der Waals surface area (Å²) in [5, 5.41) is 0.0164. The molecule has 1 nitrogen and oxygen atoms in total. The summed E-state index contributed by atoms with van der Waals surface area (Å²) >= 11 is 0. The molecule has 120 valence electrons. The van der Waals surface area contributed by atoms with Gasteiger partial charge in [0.2, 0.25) is 0 Å². The molecule has 0 aromatic heterocycles. The van der Waals surface area contributed by atoms with Gasteiger partial charge in [-0.1, -0.05) is 67.7 Å². The van der Waals surface area contributed by atoms with E-state index in [1.54, 1.807) is 0 Å². The molecule has 2 heteroatoms. The van der Waals surface area contributed by atoms with Gasteiger partial charge in [-0.05, 0) is 42.9 Å². The molecule has 0 amide bonds. The summed E-state index contributed by atoms with van der Waals surface area (Å²) in [6.07, 6.45) is 7.07. The van der Waals surface area contributed by atoms with E-state index >= 15 is 0 Å². The van der Waals surface area contributed by atoms with Crippen LogP contribution in [0.4, 0.5) is 0 Å². The van der Waals surface area contributed by atoms with Gasteiger partial charge in [-0.3, -0.25) is 4.57 Å². The van der Waals surface area contributed by atoms with Gasteiger partial charge in [-0.15, -0.1) is 0 Å². The maximum atomic E-state index is 12.0. The molecule has 0 saturated heterocycles. The lowest BCUT2D eigenvalue weighted by molar-refractivity contribution is 0.260. The summed E-state index contributed by atoms with van der Waals surface area (Å²) in [5.74, 6) is 2.66. The van der Waals surface area contributed by atoms with Gasteiger partial charge in [0.1, 0.15) is 0 Å². The van der Waals surface area contributed by atoms with Crippen LogP contribution in [0, 0.1) is 23.7 Å². The quantitative estimate of drug-likeness (QED) is 0.297. The molecule has 2 unspecified atom stereocenters. The normalized spacial score (nSPS) is 18.4. The van der Waals surface area contributed by atoms with Crippen molar-refractivity contribution >= 4 is 8.46 Å². The van der Waals surface area contributed by atoms with Crippen molar-refractivity contribution in [2.75, 3.05) is 0 Å². The predicted molar refractivity (Wildman–Crippen MR) is 91.7 cm³/mol. The minimum atomic E-state index is 0.0164. The Labute approximate surface area is 129 Å². The highest BCUT2D eigenvalue weighted by Gasteiger charge is 2.35. The fourth-order valence-electron chi connectivity index (χ4n) is 2.78. The molecular weight excluding hydrogens is 263 g/mol. The largest absolute Gasteiger partial charge is 0.274 e. The summed E-state index contributed by atoms with van der Waals surface area (Å²) in [7, 11) is 0.380. The topological polar surface area (TPSA) is 17.1 Å². The number of hydrogen-bond donors (Lipinski definition) is 0. The van der Waals surface area contributed by atoms with Gasteiger partial charge >= 0.3 is 0 Å². The van der Waals surface area contributed by atoms with E-state index in [4.69, 9.17) is 0 Å². The summed E-state index contributed by atoms with van der Waals surface area (Å²) in [6, 6.07) is 0. The van der Waals surface area contributed by atoms with Crippen LogP contribution < -0.4 is 0 Å². The Balaban J connectivity index is 4.90. The van der Waals surface area contributed by atoms with E-state index in [0.29, 0.717) is 32.1 Å². The lowest BCUT2D eigenvalue weighted by Gasteiger charge is -2.34. The molecule has 0 heterocycles. The molecule has 0 fully saturated rings. The zero-order valence-corrected chi connectivity index (χ0v) is 15.8. The Morgan fingerprint density at radius 3 is 1.60 bits per heavy atom. The summed E-state index contributed by atoms with van der Waals surface area (Å²) in [6.45, 7) is 16.0. The molecule has 0 N–H and O–H groups in total. The molecule has 0 aromatic carbocycles. The third kappa shape index (κ3) is 7.21. The van der Waals surface area contributed by atoms with Crippen LogP contribution in [0.25, 0.3) is 0 Å². The van der Waals surface area contributed by atoms with Gasteiger partial charge in [0.05, 0.1) is 5.16 Å². The van der Waals surface area contributed by atoms with Crippen molar-refractivity contribution in [2.45, 2.75) is 92.1 Å². The third-order valence-corrected chi connectivity index (χ3v) is 6.10. The highest BCUT2D eigenvalue weighted by atomic mass is 31.1. The second kappa shape index (κ2) is 9.93. The molecule has 0 saturated carbocycles. The van der Waals surface area contributed by atoms with Crippen molar-refractivity contribution in [3.05, 3.63) is 0 Å². The van der Waals surface area contributed by atoms with Gasteiger partial charge < -0.3 is 0 Å². The maximum Gasteiger partial charge on any atom is 0.162 e. The first kappa shape index (κ1) is 20.1. The smallest absolute Gasteiger partial charge is 0.162 e. The molecular formula is C18H37OP. The minimum absolute atomic E-state index is 0.0164. The van der Waals surface area contributed by atoms with E-state index < -0.39 is 0 Å². The van der Waals surface area contributed by atoms with E-state index in [9.17, 15) is 4.57 Å².